The Balaban J connectivity index is 1.50. The van der Waals surface area contributed by atoms with Crippen LogP contribution in [0.25, 0.3) is 10.6 Å². The topological polar surface area (TPSA) is 77.1 Å². The van der Waals surface area contributed by atoms with Crippen LogP contribution in [-0.4, -0.2) is 31.5 Å². The summed E-state index contributed by atoms with van der Waals surface area (Å²) in [5, 5.41) is 12.6. The van der Waals surface area contributed by atoms with Gasteiger partial charge in [-0.05, 0) is 31.9 Å². The minimum atomic E-state index is -0.149. The summed E-state index contributed by atoms with van der Waals surface area (Å²) in [5.41, 5.74) is 1.59. The second-order valence-corrected chi connectivity index (χ2v) is 8.25. The summed E-state index contributed by atoms with van der Waals surface area (Å²) < 4.78 is 3.61. The van der Waals surface area contributed by atoms with E-state index in [0.29, 0.717) is 24.0 Å². The van der Waals surface area contributed by atoms with E-state index in [1.807, 2.05) is 42.9 Å². The lowest BCUT2D eigenvalue weighted by Crippen LogP contribution is -2.18. The third-order valence-corrected chi connectivity index (χ3v) is 6.29. The fraction of sp³-hybridized carbons (Fsp3) is 0.429. The van der Waals surface area contributed by atoms with Crippen molar-refractivity contribution in [3.63, 3.8) is 0 Å². The molecule has 4 rings (SSSR count). The Kier molecular flexibility index (Phi) is 5.89. The molecule has 7 nitrogen and oxygen atoms in total. The van der Waals surface area contributed by atoms with Gasteiger partial charge in [0.1, 0.15) is 10.8 Å². The Hall–Kier alpha value is -2.74. The lowest BCUT2D eigenvalue weighted by atomic mass is 9.96. The molecule has 1 amide bonds. The molecule has 1 saturated carbocycles. The summed E-state index contributed by atoms with van der Waals surface area (Å²) in [7, 11) is 1.94. The van der Waals surface area contributed by atoms with Crippen LogP contribution in [0.15, 0.2) is 41.5 Å². The third kappa shape index (κ3) is 4.48. The highest BCUT2D eigenvalue weighted by Gasteiger charge is 2.14. The van der Waals surface area contributed by atoms with Crippen molar-refractivity contribution in [3.8, 4) is 10.6 Å². The number of anilines is 1. The number of rotatable bonds is 5. The van der Waals surface area contributed by atoms with Gasteiger partial charge in [0.25, 0.3) is 5.91 Å². The highest BCUT2D eigenvalue weighted by Crippen LogP contribution is 2.22. The molecule has 0 saturated heterocycles. The molecule has 0 unspecified atom stereocenters. The van der Waals surface area contributed by atoms with E-state index in [0.717, 1.165) is 15.4 Å². The molecule has 0 radical (unpaired) electrons. The van der Waals surface area contributed by atoms with Gasteiger partial charge in [-0.15, -0.1) is 0 Å². The molecule has 29 heavy (non-hydrogen) atoms. The van der Waals surface area contributed by atoms with Gasteiger partial charge in [-0.25, -0.2) is 9.36 Å². The number of hydrogen-bond donors (Lipinski definition) is 1. The van der Waals surface area contributed by atoms with Gasteiger partial charge in [0.2, 0.25) is 4.80 Å². The lowest BCUT2D eigenvalue weighted by molar-refractivity contribution is 0.102. The van der Waals surface area contributed by atoms with Crippen LogP contribution in [0, 0.1) is 0 Å². The van der Waals surface area contributed by atoms with Crippen molar-refractivity contribution in [1.29, 1.82) is 0 Å². The number of carbonyl (C=O) groups is 1. The van der Waals surface area contributed by atoms with E-state index in [1.165, 1.54) is 32.1 Å². The van der Waals surface area contributed by atoms with E-state index in [2.05, 4.69) is 15.5 Å². The SMILES string of the molecule is CCn1nccc1NC(=O)c1ccc(-c2nn(C)c(=NC3CCCCC3)s2)cc1. The lowest BCUT2D eigenvalue weighted by Gasteiger charge is -2.16. The number of amides is 1. The first kappa shape index (κ1) is 19.6. The first-order valence-corrected chi connectivity index (χ1v) is 11.0. The molecule has 1 N–H and O–H groups in total. The second-order valence-electron chi connectivity index (χ2n) is 7.30. The molecule has 0 atom stereocenters. The molecular formula is C21H26N6OS. The summed E-state index contributed by atoms with van der Waals surface area (Å²) in [5.74, 6) is 0.548. The zero-order chi connectivity index (χ0) is 20.2. The fourth-order valence-corrected chi connectivity index (χ4v) is 4.55. The molecule has 3 aromatic rings. The predicted octanol–water partition coefficient (Wildman–Crippen LogP) is 3.85. The summed E-state index contributed by atoms with van der Waals surface area (Å²) in [4.78, 5) is 18.4. The number of nitrogens with zero attached hydrogens (tertiary/aromatic N) is 5. The maximum absolute atomic E-state index is 12.5. The van der Waals surface area contributed by atoms with E-state index in [4.69, 9.17) is 4.99 Å². The molecular weight excluding hydrogens is 384 g/mol. The van der Waals surface area contributed by atoms with Gasteiger partial charge in [0, 0.05) is 30.8 Å². The monoisotopic (exact) mass is 410 g/mol. The number of aromatic nitrogens is 4. The van der Waals surface area contributed by atoms with Crippen LogP contribution in [-0.2, 0) is 13.6 Å². The van der Waals surface area contributed by atoms with Crippen LogP contribution in [0.1, 0.15) is 49.4 Å². The molecule has 152 valence electrons. The van der Waals surface area contributed by atoms with Crippen LogP contribution in [0.5, 0.6) is 0 Å². The van der Waals surface area contributed by atoms with E-state index >= 15 is 0 Å². The maximum Gasteiger partial charge on any atom is 0.256 e. The normalized spacial score (nSPS) is 15.6. The summed E-state index contributed by atoms with van der Waals surface area (Å²) in [6.45, 7) is 2.69. The largest absolute Gasteiger partial charge is 0.307 e. The Bertz CT molecular complexity index is 1040. The molecule has 0 spiro atoms. The zero-order valence-corrected chi connectivity index (χ0v) is 17.7. The third-order valence-electron chi connectivity index (χ3n) is 5.23. The van der Waals surface area contributed by atoms with Gasteiger partial charge < -0.3 is 5.32 Å². The van der Waals surface area contributed by atoms with Crippen molar-refractivity contribution in [1.82, 2.24) is 19.6 Å². The first-order valence-electron chi connectivity index (χ1n) is 10.2. The average Bonchev–Trinajstić information content (AvgIpc) is 3.35. The molecule has 1 aliphatic rings. The zero-order valence-electron chi connectivity index (χ0n) is 16.8. The number of benzene rings is 1. The number of aryl methyl sites for hydroxylation is 2. The van der Waals surface area contributed by atoms with Crippen molar-refractivity contribution in [2.75, 3.05) is 5.32 Å². The van der Waals surface area contributed by atoms with E-state index < -0.39 is 0 Å². The number of carbonyl (C=O) groups excluding carboxylic acids is 1. The van der Waals surface area contributed by atoms with Crippen LogP contribution in [0.3, 0.4) is 0 Å². The van der Waals surface area contributed by atoms with Gasteiger partial charge in [0.05, 0.1) is 12.2 Å². The van der Waals surface area contributed by atoms with Crippen molar-refractivity contribution < 1.29 is 4.79 Å². The fourth-order valence-electron chi connectivity index (χ4n) is 3.59. The summed E-state index contributed by atoms with van der Waals surface area (Å²) >= 11 is 1.60. The molecule has 0 bridgehead atoms. The van der Waals surface area contributed by atoms with Crippen LogP contribution < -0.4 is 10.1 Å². The minimum Gasteiger partial charge on any atom is -0.307 e. The quantitative estimate of drug-likeness (QED) is 0.694. The molecule has 8 heteroatoms. The maximum atomic E-state index is 12.5. The van der Waals surface area contributed by atoms with Gasteiger partial charge in [-0.1, -0.05) is 42.7 Å². The highest BCUT2D eigenvalue weighted by atomic mass is 32.1. The number of nitrogens with one attached hydrogen (secondary N) is 1. The van der Waals surface area contributed by atoms with Crippen molar-refractivity contribution in [3.05, 3.63) is 46.9 Å². The van der Waals surface area contributed by atoms with Crippen LogP contribution >= 0.6 is 11.3 Å². The smallest absolute Gasteiger partial charge is 0.256 e. The van der Waals surface area contributed by atoms with Gasteiger partial charge in [0.15, 0.2) is 0 Å². The van der Waals surface area contributed by atoms with Crippen molar-refractivity contribution in [2.45, 2.75) is 51.6 Å². The standard InChI is InChI=1S/C21H26N6OS/c1-3-27-18(13-14-22-27)24-19(28)15-9-11-16(12-10-15)20-25-26(2)21(29-20)23-17-7-5-4-6-8-17/h9-14,17H,3-8H2,1-2H3,(H,24,28). The van der Waals surface area contributed by atoms with E-state index in [-0.39, 0.29) is 5.91 Å². The predicted molar refractivity (Wildman–Crippen MR) is 115 cm³/mol. The average molecular weight is 411 g/mol. The van der Waals surface area contributed by atoms with Gasteiger partial charge in [-0.2, -0.15) is 10.2 Å². The number of hydrogen-bond acceptors (Lipinski definition) is 5. The summed E-state index contributed by atoms with van der Waals surface area (Å²) in [6, 6.07) is 9.76. The van der Waals surface area contributed by atoms with Crippen molar-refractivity contribution >= 4 is 23.1 Å². The van der Waals surface area contributed by atoms with Crippen molar-refractivity contribution in [2.24, 2.45) is 12.0 Å². The van der Waals surface area contributed by atoms with Crippen LogP contribution in [0.2, 0.25) is 0 Å². The summed E-state index contributed by atoms with van der Waals surface area (Å²) in [6.07, 6.45) is 7.90. The second kappa shape index (κ2) is 8.73. The minimum absolute atomic E-state index is 0.149. The van der Waals surface area contributed by atoms with Gasteiger partial charge >= 0.3 is 0 Å². The molecule has 0 aliphatic heterocycles. The molecule has 1 aromatic carbocycles. The Morgan fingerprint density at radius 1 is 1.21 bits per heavy atom. The highest BCUT2D eigenvalue weighted by molar-refractivity contribution is 7.12. The Labute approximate surface area is 174 Å². The first-order chi connectivity index (χ1) is 14.1. The van der Waals surface area contributed by atoms with E-state index in [1.54, 1.807) is 28.3 Å². The van der Waals surface area contributed by atoms with E-state index in [9.17, 15) is 4.79 Å². The molecule has 1 aliphatic carbocycles. The Morgan fingerprint density at radius 2 is 1.97 bits per heavy atom. The van der Waals surface area contributed by atoms with Crippen LogP contribution in [0.4, 0.5) is 5.82 Å². The Morgan fingerprint density at radius 3 is 2.69 bits per heavy atom. The molecule has 2 aromatic heterocycles. The van der Waals surface area contributed by atoms with Gasteiger partial charge in [-0.3, -0.25) is 9.79 Å². The molecule has 2 heterocycles. The molecule has 1 fully saturated rings.